The highest BCUT2D eigenvalue weighted by Crippen LogP contribution is 2.31. The molecule has 0 bridgehead atoms. The van der Waals surface area contributed by atoms with Crippen molar-refractivity contribution in [3.05, 3.63) is 23.8 Å². The second-order valence-electron chi connectivity index (χ2n) is 5.84. The molecule has 0 aliphatic carbocycles. The molecule has 1 unspecified atom stereocenters. The Labute approximate surface area is 140 Å². The number of carbonyl (C=O) groups excluding carboxylic acids is 1. The first-order valence-electron chi connectivity index (χ1n) is 7.65. The Kier molecular flexibility index (Phi) is 4.77. The molecule has 1 N–H and O–H groups in total. The van der Waals surface area contributed by atoms with E-state index in [1.165, 1.54) is 7.11 Å². The predicted octanol–water partition coefficient (Wildman–Crippen LogP) is 1.19. The monoisotopic (exact) mass is 335 g/mol. The van der Waals surface area contributed by atoms with Gasteiger partial charge in [-0.1, -0.05) is 17.8 Å². The summed E-state index contributed by atoms with van der Waals surface area (Å²) in [6.07, 6.45) is 0.584. The van der Waals surface area contributed by atoms with Gasteiger partial charge in [0.25, 0.3) is 5.91 Å². The van der Waals surface area contributed by atoms with Gasteiger partial charge in [-0.15, -0.1) is 0 Å². The number of nitrogens with zero attached hydrogens (tertiary/aromatic N) is 3. The number of aromatic hydroxyl groups is 1. The molecule has 1 aromatic rings. The van der Waals surface area contributed by atoms with E-state index in [4.69, 9.17) is 4.74 Å². The van der Waals surface area contributed by atoms with E-state index in [2.05, 4.69) is 21.8 Å². The minimum atomic E-state index is -0.195. The SMILES string of the molecule is COc1cc(CC2SC(N3CCN(C)CC3)=NC2=O)ccc1O. The lowest BCUT2D eigenvalue weighted by atomic mass is 10.1. The van der Waals surface area contributed by atoms with Gasteiger partial charge in [0, 0.05) is 26.2 Å². The lowest BCUT2D eigenvalue weighted by Crippen LogP contribution is -2.46. The summed E-state index contributed by atoms with van der Waals surface area (Å²) in [6, 6.07) is 5.19. The molecule has 0 aromatic heterocycles. The van der Waals surface area contributed by atoms with Gasteiger partial charge >= 0.3 is 0 Å². The maximum Gasteiger partial charge on any atom is 0.262 e. The fourth-order valence-corrected chi connectivity index (χ4v) is 3.86. The van der Waals surface area contributed by atoms with Gasteiger partial charge in [0.1, 0.15) is 0 Å². The maximum absolute atomic E-state index is 12.2. The Morgan fingerprint density at radius 3 is 2.78 bits per heavy atom. The molecule has 3 rings (SSSR count). The lowest BCUT2D eigenvalue weighted by molar-refractivity contribution is -0.117. The number of hydrogen-bond acceptors (Lipinski definition) is 6. The number of amides is 1. The molecule has 1 atom stereocenters. The highest BCUT2D eigenvalue weighted by molar-refractivity contribution is 8.15. The van der Waals surface area contributed by atoms with Crippen molar-refractivity contribution in [2.24, 2.45) is 4.99 Å². The van der Waals surface area contributed by atoms with Crippen molar-refractivity contribution < 1.29 is 14.6 Å². The average molecular weight is 335 g/mol. The van der Waals surface area contributed by atoms with Gasteiger partial charge in [0.15, 0.2) is 16.7 Å². The van der Waals surface area contributed by atoms with Gasteiger partial charge in [-0.2, -0.15) is 4.99 Å². The van der Waals surface area contributed by atoms with Crippen molar-refractivity contribution >= 4 is 22.8 Å². The van der Waals surface area contributed by atoms with Crippen LogP contribution in [0.3, 0.4) is 0 Å². The van der Waals surface area contributed by atoms with Crippen LogP contribution >= 0.6 is 11.8 Å². The predicted molar refractivity (Wildman–Crippen MR) is 91.3 cm³/mol. The smallest absolute Gasteiger partial charge is 0.262 e. The van der Waals surface area contributed by atoms with Crippen LogP contribution in [0.4, 0.5) is 0 Å². The van der Waals surface area contributed by atoms with E-state index in [-0.39, 0.29) is 16.9 Å². The van der Waals surface area contributed by atoms with E-state index in [9.17, 15) is 9.90 Å². The zero-order valence-electron chi connectivity index (χ0n) is 13.4. The molecule has 1 fully saturated rings. The van der Waals surface area contributed by atoms with Gasteiger partial charge in [-0.3, -0.25) is 4.79 Å². The summed E-state index contributed by atoms with van der Waals surface area (Å²) in [5.74, 6) is 0.463. The number of phenols is 1. The minimum absolute atomic E-state index is 0.0732. The number of likely N-dealkylation sites (N-methyl/N-ethyl adjacent to an activating group) is 1. The van der Waals surface area contributed by atoms with Crippen LogP contribution < -0.4 is 4.74 Å². The molecule has 6 nitrogen and oxygen atoms in total. The molecule has 1 amide bonds. The first-order valence-corrected chi connectivity index (χ1v) is 8.53. The van der Waals surface area contributed by atoms with E-state index in [0.29, 0.717) is 12.2 Å². The molecule has 23 heavy (non-hydrogen) atoms. The van der Waals surface area contributed by atoms with Gasteiger partial charge < -0.3 is 19.6 Å². The van der Waals surface area contributed by atoms with Crippen LogP contribution in [-0.2, 0) is 11.2 Å². The molecule has 1 saturated heterocycles. The average Bonchev–Trinajstić information content (AvgIpc) is 2.91. The maximum atomic E-state index is 12.2. The van der Waals surface area contributed by atoms with E-state index < -0.39 is 0 Å². The topological polar surface area (TPSA) is 65.4 Å². The molecule has 0 spiro atoms. The summed E-state index contributed by atoms with van der Waals surface area (Å²) in [6.45, 7) is 3.81. The highest BCUT2D eigenvalue weighted by atomic mass is 32.2. The van der Waals surface area contributed by atoms with Gasteiger partial charge in [0.05, 0.1) is 12.4 Å². The van der Waals surface area contributed by atoms with E-state index >= 15 is 0 Å². The second kappa shape index (κ2) is 6.80. The second-order valence-corrected chi connectivity index (χ2v) is 7.01. The zero-order chi connectivity index (χ0) is 16.4. The quantitative estimate of drug-likeness (QED) is 0.895. The standard InChI is InChI=1S/C16H21N3O3S/c1-18-5-7-19(8-6-18)16-17-15(21)14(23-16)10-11-3-4-12(20)13(9-11)22-2/h3-4,9,14,20H,5-8,10H2,1-2H3. The third-order valence-corrected chi connectivity index (χ3v) is 5.38. The number of rotatable bonds is 3. The molecular weight excluding hydrogens is 314 g/mol. The van der Waals surface area contributed by atoms with Crippen LogP contribution in [0.15, 0.2) is 23.2 Å². The summed E-state index contributed by atoms with van der Waals surface area (Å²) in [5, 5.41) is 10.3. The molecule has 2 heterocycles. The summed E-state index contributed by atoms with van der Waals surface area (Å²) in [7, 11) is 3.62. The molecule has 7 heteroatoms. The number of piperazine rings is 1. The number of carbonyl (C=O) groups is 1. The number of methoxy groups -OCH3 is 1. The van der Waals surface area contributed by atoms with Crippen molar-refractivity contribution in [2.45, 2.75) is 11.7 Å². The first-order chi connectivity index (χ1) is 11.1. The summed E-state index contributed by atoms with van der Waals surface area (Å²) < 4.78 is 5.12. The largest absolute Gasteiger partial charge is 0.504 e. The molecule has 2 aliphatic rings. The Hall–Kier alpha value is -1.73. The van der Waals surface area contributed by atoms with E-state index in [0.717, 1.165) is 36.9 Å². The van der Waals surface area contributed by atoms with Crippen molar-refractivity contribution in [3.63, 3.8) is 0 Å². The fourth-order valence-electron chi connectivity index (χ4n) is 2.71. The fraction of sp³-hybridized carbons (Fsp3) is 0.500. The van der Waals surface area contributed by atoms with E-state index in [1.54, 1.807) is 23.9 Å². The lowest BCUT2D eigenvalue weighted by Gasteiger charge is -2.33. The first kappa shape index (κ1) is 16.1. The zero-order valence-corrected chi connectivity index (χ0v) is 14.2. The normalized spacial score (nSPS) is 22.3. The Morgan fingerprint density at radius 1 is 1.35 bits per heavy atom. The molecule has 0 radical (unpaired) electrons. The van der Waals surface area contributed by atoms with Crippen LogP contribution in [0.2, 0.25) is 0 Å². The summed E-state index contributed by atoms with van der Waals surface area (Å²) in [4.78, 5) is 20.9. The molecule has 1 aromatic carbocycles. The number of hydrogen-bond donors (Lipinski definition) is 1. The number of aliphatic imine (C=N–C) groups is 1. The summed E-state index contributed by atoms with van der Waals surface area (Å²) >= 11 is 1.54. The van der Waals surface area contributed by atoms with Crippen LogP contribution in [0.5, 0.6) is 11.5 Å². The van der Waals surface area contributed by atoms with Crippen molar-refractivity contribution in [1.29, 1.82) is 0 Å². The number of phenolic OH excluding ortho intramolecular Hbond substituents is 1. The molecule has 2 aliphatic heterocycles. The number of ether oxygens (including phenoxy) is 1. The van der Waals surface area contributed by atoms with Crippen LogP contribution in [0.25, 0.3) is 0 Å². The van der Waals surface area contributed by atoms with Crippen LogP contribution in [0.1, 0.15) is 5.56 Å². The van der Waals surface area contributed by atoms with Crippen molar-refractivity contribution in [2.75, 3.05) is 40.3 Å². The molecular formula is C16H21N3O3S. The van der Waals surface area contributed by atoms with Gasteiger partial charge in [0.2, 0.25) is 0 Å². The third-order valence-electron chi connectivity index (χ3n) is 4.17. The molecule has 0 saturated carbocycles. The number of benzene rings is 1. The Bertz CT molecular complexity index is 627. The number of thioether (sulfide) groups is 1. The van der Waals surface area contributed by atoms with Gasteiger partial charge in [-0.25, -0.2) is 0 Å². The van der Waals surface area contributed by atoms with Crippen LogP contribution in [-0.4, -0.2) is 71.6 Å². The van der Waals surface area contributed by atoms with Crippen molar-refractivity contribution in [3.8, 4) is 11.5 Å². The van der Waals surface area contributed by atoms with E-state index in [1.807, 2.05) is 6.07 Å². The number of amidine groups is 1. The summed E-state index contributed by atoms with van der Waals surface area (Å²) in [5.41, 5.74) is 0.959. The Balaban J connectivity index is 1.64. The van der Waals surface area contributed by atoms with Crippen LogP contribution in [0, 0.1) is 0 Å². The molecule has 124 valence electrons. The minimum Gasteiger partial charge on any atom is -0.504 e. The third kappa shape index (κ3) is 3.61. The Morgan fingerprint density at radius 2 is 2.09 bits per heavy atom. The highest BCUT2D eigenvalue weighted by Gasteiger charge is 2.32. The van der Waals surface area contributed by atoms with Gasteiger partial charge in [-0.05, 0) is 31.2 Å². The van der Waals surface area contributed by atoms with Crippen molar-refractivity contribution in [1.82, 2.24) is 9.80 Å².